The predicted octanol–water partition coefficient (Wildman–Crippen LogP) is 3.96. The van der Waals surface area contributed by atoms with Crippen molar-refractivity contribution in [1.82, 2.24) is 4.90 Å². The number of carbonyl (C=O) groups is 3. The molecule has 3 aromatic rings. The van der Waals surface area contributed by atoms with E-state index >= 15 is 0 Å². The minimum absolute atomic E-state index is 0.0837. The quantitative estimate of drug-likeness (QED) is 0.570. The smallest absolute Gasteiger partial charge is 0.332 e. The molecule has 1 aromatic heterocycles. The van der Waals surface area contributed by atoms with E-state index in [1.165, 1.54) is 11.2 Å². The van der Waals surface area contributed by atoms with Crippen molar-refractivity contribution in [1.29, 1.82) is 0 Å². The number of nitrogens with zero attached hydrogens (tertiary/aromatic N) is 2. The van der Waals surface area contributed by atoms with E-state index in [1.807, 2.05) is 13.0 Å². The van der Waals surface area contributed by atoms with Gasteiger partial charge in [-0.05, 0) is 61.0 Å². The Morgan fingerprint density at radius 3 is 2.53 bits per heavy atom. The summed E-state index contributed by atoms with van der Waals surface area (Å²) in [5.74, 6) is 0.365. The fourth-order valence-corrected chi connectivity index (χ4v) is 3.65. The molecule has 8 nitrogen and oxygen atoms in total. The second kappa shape index (κ2) is 8.97. The number of imide groups is 1. The lowest BCUT2D eigenvalue weighted by Gasteiger charge is -2.20. The summed E-state index contributed by atoms with van der Waals surface area (Å²) >= 11 is 0. The highest BCUT2D eigenvalue weighted by atomic mass is 16.5. The van der Waals surface area contributed by atoms with Gasteiger partial charge in [-0.1, -0.05) is 12.1 Å². The van der Waals surface area contributed by atoms with E-state index in [9.17, 15) is 14.4 Å². The van der Waals surface area contributed by atoms with Crippen LogP contribution in [-0.4, -0.2) is 35.9 Å². The van der Waals surface area contributed by atoms with Crippen molar-refractivity contribution in [3.05, 3.63) is 78.3 Å². The van der Waals surface area contributed by atoms with E-state index in [0.29, 0.717) is 22.9 Å². The third-order valence-electron chi connectivity index (χ3n) is 5.24. The number of nitrogens with one attached hydrogen (secondary N) is 1. The molecule has 0 radical (unpaired) electrons. The highest BCUT2D eigenvalue weighted by Crippen LogP contribution is 2.29. The van der Waals surface area contributed by atoms with E-state index in [0.717, 1.165) is 10.5 Å². The third kappa shape index (κ3) is 4.34. The number of hydrogen-bond donors (Lipinski definition) is 1. The molecule has 1 atom stereocenters. The molecular weight excluding hydrogens is 410 g/mol. The minimum Gasteiger partial charge on any atom is -0.497 e. The zero-order valence-corrected chi connectivity index (χ0v) is 17.8. The lowest BCUT2D eigenvalue weighted by atomic mass is 10.1. The van der Waals surface area contributed by atoms with E-state index < -0.39 is 18.0 Å². The van der Waals surface area contributed by atoms with E-state index in [4.69, 9.17) is 9.15 Å². The van der Waals surface area contributed by atoms with Crippen LogP contribution in [0.15, 0.2) is 71.3 Å². The molecule has 1 fully saturated rings. The number of aryl methyl sites for hydroxylation is 1. The van der Waals surface area contributed by atoms with Crippen LogP contribution in [0.1, 0.15) is 17.7 Å². The number of benzene rings is 2. The summed E-state index contributed by atoms with van der Waals surface area (Å²) in [6, 6.07) is 16.0. The number of anilines is 2. The zero-order valence-electron chi connectivity index (χ0n) is 17.8. The van der Waals surface area contributed by atoms with Crippen LogP contribution in [0.5, 0.6) is 5.75 Å². The van der Waals surface area contributed by atoms with Crippen LogP contribution in [0.25, 0.3) is 0 Å². The molecular formula is C24H23N3O5. The molecule has 164 valence electrons. The van der Waals surface area contributed by atoms with Crippen molar-refractivity contribution < 1.29 is 23.5 Å². The van der Waals surface area contributed by atoms with Crippen molar-refractivity contribution in [2.45, 2.75) is 25.9 Å². The zero-order chi connectivity index (χ0) is 22.7. The molecule has 1 saturated heterocycles. The SMILES string of the molecule is COc1ccc(NC(=O)C[C@@H]2C(=O)N(c3cccc(C)c3)C(=O)N2Cc2ccco2)cc1. The van der Waals surface area contributed by atoms with Crippen LogP contribution in [0.3, 0.4) is 0 Å². The maximum atomic E-state index is 13.3. The maximum Gasteiger partial charge on any atom is 0.332 e. The summed E-state index contributed by atoms with van der Waals surface area (Å²) in [5, 5.41) is 2.77. The van der Waals surface area contributed by atoms with Crippen LogP contribution in [0.4, 0.5) is 16.2 Å². The molecule has 8 heteroatoms. The van der Waals surface area contributed by atoms with Crippen molar-refractivity contribution in [2.75, 3.05) is 17.3 Å². The lowest BCUT2D eigenvalue weighted by Crippen LogP contribution is -2.37. The molecule has 0 aliphatic carbocycles. The third-order valence-corrected chi connectivity index (χ3v) is 5.24. The first-order valence-electron chi connectivity index (χ1n) is 10.1. The Morgan fingerprint density at radius 1 is 1.09 bits per heavy atom. The Bertz CT molecular complexity index is 1120. The Morgan fingerprint density at radius 2 is 1.88 bits per heavy atom. The number of carbonyl (C=O) groups excluding carboxylic acids is 3. The van der Waals surface area contributed by atoms with E-state index in [2.05, 4.69) is 5.32 Å². The number of amides is 4. The fourth-order valence-electron chi connectivity index (χ4n) is 3.65. The molecule has 2 aromatic carbocycles. The Balaban J connectivity index is 1.57. The van der Waals surface area contributed by atoms with Gasteiger partial charge in [0.25, 0.3) is 5.91 Å². The molecule has 1 aliphatic rings. The highest BCUT2D eigenvalue weighted by molar-refractivity contribution is 6.22. The van der Waals surface area contributed by atoms with E-state index in [1.54, 1.807) is 61.7 Å². The van der Waals surface area contributed by atoms with Gasteiger partial charge in [0, 0.05) is 5.69 Å². The van der Waals surface area contributed by atoms with Crippen LogP contribution >= 0.6 is 0 Å². The van der Waals surface area contributed by atoms with Crippen LogP contribution < -0.4 is 15.0 Å². The fraction of sp³-hybridized carbons (Fsp3) is 0.208. The molecule has 32 heavy (non-hydrogen) atoms. The molecule has 0 spiro atoms. The Labute approximate surface area is 185 Å². The summed E-state index contributed by atoms with van der Waals surface area (Å²) in [5.41, 5.74) is 1.96. The number of rotatable bonds is 7. The molecule has 0 bridgehead atoms. The molecule has 2 heterocycles. The normalized spacial score (nSPS) is 15.9. The second-order valence-corrected chi connectivity index (χ2v) is 7.50. The van der Waals surface area contributed by atoms with E-state index in [-0.39, 0.29) is 18.9 Å². The number of urea groups is 1. The van der Waals surface area contributed by atoms with Crippen LogP contribution in [-0.2, 0) is 16.1 Å². The number of methoxy groups -OCH3 is 1. The molecule has 1 N–H and O–H groups in total. The Kier molecular flexibility index (Phi) is 5.93. The van der Waals surface area contributed by atoms with Gasteiger partial charge >= 0.3 is 6.03 Å². The maximum absolute atomic E-state index is 13.3. The van der Waals surface area contributed by atoms with Crippen molar-refractivity contribution in [3.63, 3.8) is 0 Å². The van der Waals surface area contributed by atoms with Crippen molar-refractivity contribution in [3.8, 4) is 5.75 Å². The van der Waals surface area contributed by atoms with Gasteiger partial charge in [0.2, 0.25) is 5.91 Å². The average Bonchev–Trinajstić information content (AvgIpc) is 3.37. The minimum atomic E-state index is -0.952. The summed E-state index contributed by atoms with van der Waals surface area (Å²) in [6.07, 6.45) is 1.32. The van der Waals surface area contributed by atoms with Crippen LogP contribution in [0.2, 0.25) is 0 Å². The summed E-state index contributed by atoms with van der Waals surface area (Å²) in [7, 11) is 1.56. The van der Waals surface area contributed by atoms with Gasteiger partial charge in [-0.3, -0.25) is 9.59 Å². The number of hydrogen-bond acceptors (Lipinski definition) is 5. The standard InChI is InChI=1S/C24H23N3O5/c1-16-5-3-6-18(13-16)27-23(29)21(26(24(27)30)15-20-7-4-12-32-20)14-22(28)25-17-8-10-19(31-2)11-9-17/h3-13,21H,14-15H2,1-2H3,(H,25,28)/t21-/m1/s1. The van der Waals surface area contributed by atoms with Crippen molar-refractivity contribution in [2.24, 2.45) is 0 Å². The first-order valence-corrected chi connectivity index (χ1v) is 10.1. The number of ether oxygens (including phenoxy) is 1. The lowest BCUT2D eigenvalue weighted by molar-refractivity contribution is -0.124. The first-order chi connectivity index (χ1) is 15.5. The molecule has 1 aliphatic heterocycles. The van der Waals surface area contributed by atoms with Gasteiger partial charge in [0.05, 0.1) is 32.0 Å². The van der Waals surface area contributed by atoms with Gasteiger partial charge in [0.1, 0.15) is 17.6 Å². The monoisotopic (exact) mass is 433 g/mol. The predicted molar refractivity (Wildman–Crippen MR) is 118 cm³/mol. The summed E-state index contributed by atoms with van der Waals surface area (Å²) in [6.45, 7) is 1.97. The molecule has 0 unspecified atom stereocenters. The van der Waals surface area contributed by atoms with Gasteiger partial charge in [-0.2, -0.15) is 0 Å². The topological polar surface area (TPSA) is 92.1 Å². The average molecular weight is 433 g/mol. The highest BCUT2D eigenvalue weighted by Gasteiger charge is 2.47. The number of furan rings is 1. The molecule has 4 amide bonds. The van der Waals surface area contributed by atoms with Gasteiger partial charge in [-0.15, -0.1) is 0 Å². The largest absolute Gasteiger partial charge is 0.497 e. The second-order valence-electron chi connectivity index (χ2n) is 7.50. The summed E-state index contributed by atoms with van der Waals surface area (Å²) < 4.78 is 10.5. The Hall–Kier alpha value is -4.07. The van der Waals surface area contributed by atoms with Crippen LogP contribution in [0, 0.1) is 6.92 Å². The van der Waals surface area contributed by atoms with Gasteiger partial charge < -0.3 is 19.4 Å². The van der Waals surface area contributed by atoms with Crippen molar-refractivity contribution >= 4 is 29.2 Å². The van der Waals surface area contributed by atoms with Gasteiger partial charge in [-0.25, -0.2) is 9.69 Å². The van der Waals surface area contributed by atoms with Gasteiger partial charge in [0.15, 0.2) is 0 Å². The summed E-state index contributed by atoms with van der Waals surface area (Å²) in [4.78, 5) is 41.7. The molecule has 0 saturated carbocycles. The first kappa shape index (κ1) is 21.2. The molecule has 4 rings (SSSR count).